The fourth-order valence-corrected chi connectivity index (χ4v) is 0.842. The average Bonchev–Trinajstić information content (AvgIpc) is 2.16. The van der Waals surface area contributed by atoms with Crippen LogP contribution in [-0.4, -0.2) is 29.0 Å². The summed E-state index contributed by atoms with van der Waals surface area (Å²) in [5.74, 6) is -0.857. The number of anilines is 1. The van der Waals surface area contributed by atoms with Crippen LogP contribution >= 0.6 is 0 Å². The molecule has 0 aliphatic carbocycles. The van der Waals surface area contributed by atoms with Crippen molar-refractivity contribution in [2.45, 2.75) is 6.92 Å². The Balaban J connectivity index is 3.02. The van der Waals surface area contributed by atoms with Crippen LogP contribution in [0.1, 0.15) is 17.4 Å². The second-order valence-electron chi connectivity index (χ2n) is 2.43. The lowest BCUT2D eigenvalue weighted by molar-refractivity contribution is -0.114. The van der Waals surface area contributed by atoms with Crippen LogP contribution in [0.4, 0.5) is 5.82 Å². The van der Waals surface area contributed by atoms with Gasteiger partial charge in [0.05, 0.1) is 7.11 Å². The molecule has 0 saturated heterocycles. The third kappa shape index (κ3) is 2.25. The van der Waals surface area contributed by atoms with Crippen molar-refractivity contribution < 1.29 is 14.3 Å². The van der Waals surface area contributed by atoms with Gasteiger partial charge in [-0.1, -0.05) is 0 Å². The number of nitrogens with one attached hydrogen (secondary N) is 1. The summed E-state index contributed by atoms with van der Waals surface area (Å²) in [6.07, 6.45) is 2.72. The molecule has 0 fully saturated rings. The van der Waals surface area contributed by atoms with E-state index in [0.29, 0.717) is 0 Å². The first-order valence-electron chi connectivity index (χ1n) is 3.82. The molecular weight excluding hydrogens is 186 g/mol. The van der Waals surface area contributed by atoms with E-state index >= 15 is 0 Å². The van der Waals surface area contributed by atoms with Crippen LogP contribution in [0.5, 0.6) is 0 Å². The maximum atomic E-state index is 11.1. The smallest absolute Gasteiger partial charge is 0.360 e. The highest BCUT2D eigenvalue weighted by molar-refractivity contribution is 5.97. The van der Waals surface area contributed by atoms with Gasteiger partial charge in [0, 0.05) is 19.3 Å². The van der Waals surface area contributed by atoms with Crippen LogP contribution in [0.2, 0.25) is 0 Å². The number of carbonyl (C=O) groups excluding carboxylic acids is 2. The first-order valence-corrected chi connectivity index (χ1v) is 3.82. The minimum absolute atomic E-state index is 0.00907. The van der Waals surface area contributed by atoms with E-state index in [-0.39, 0.29) is 17.4 Å². The van der Waals surface area contributed by atoms with E-state index < -0.39 is 5.97 Å². The van der Waals surface area contributed by atoms with Gasteiger partial charge in [-0.2, -0.15) is 0 Å². The molecule has 0 radical (unpaired) electrons. The van der Waals surface area contributed by atoms with Gasteiger partial charge in [0.1, 0.15) is 0 Å². The Labute approximate surface area is 80.3 Å². The SMILES string of the molecule is COC(=O)c1nccnc1NC(C)=O. The number of methoxy groups -OCH3 is 1. The van der Waals surface area contributed by atoms with E-state index in [9.17, 15) is 9.59 Å². The van der Waals surface area contributed by atoms with Crippen LogP contribution in [0.3, 0.4) is 0 Å². The molecule has 0 atom stereocenters. The molecule has 1 aromatic heterocycles. The molecule has 0 saturated carbocycles. The van der Waals surface area contributed by atoms with E-state index in [1.807, 2.05) is 0 Å². The van der Waals surface area contributed by atoms with E-state index in [0.717, 1.165) is 0 Å². The van der Waals surface area contributed by atoms with Crippen molar-refractivity contribution in [2.75, 3.05) is 12.4 Å². The highest BCUT2D eigenvalue weighted by atomic mass is 16.5. The summed E-state index contributed by atoms with van der Waals surface area (Å²) >= 11 is 0. The van der Waals surface area contributed by atoms with Crippen molar-refractivity contribution in [3.63, 3.8) is 0 Å². The molecule has 1 aromatic rings. The van der Waals surface area contributed by atoms with Crippen molar-refractivity contribution in [2.24, 2.45) is 0 Å². The van der Waals surface area contributed by atoms with Crippen molar-refractivity contribution >= 4 is 17.7 Å². The maximum Gasteiger partial charge on any atom is 0.360 e. The molecule has 0 unspecified atom stereocenters. The van der Waals surface area contributed by atoms with Crippen LogP contribution in [0, 0.1) is 0 Å². The van der Waals surface area contributed by atoms with Gasteiger partial charge in [0.15, 0.2) is 11.5 Å². The van der Waals surface area contributed by atoms with Crippen molar-refractivity contribution in [1.82, 2.24) is 9.97 Å². The number of ether oxygens (including phenoxy) is 1. The first-order chi connectivity index (χ1) is 6.65. The molecule has 0 aliphatic heterocycles. The Morgan fingerprint density at radius 2 is 2.00 bits per heavy atom. The molecular formula is C8H9N3O3. The van der Waals surface area contributed by atoms with E-state index in [1.165, 1.54) is 26.4 Å². The van der Waals surface area contributed by atoms with Crippen LogP contribution in [0.15, 0.2) is 12.4 Å². The molecule has 6 nitrogen and oxygen atoms in total. The van der Waals surface area contributed by atoms with Gasteiger partial charge in [-0.05, 0) is 0 Å². The number of amides is 1. The lowest BCUT2D eigenvalue weighted by Crippen LogP contribution is -2.14. The van der Waals surface area contributed by atoms with E-state index in [1.54, 1.807) is 0 Å². The monoisotopic (exact) mass is 195 g/mol. The van der Waals surface area contributed by atoms with Gasteiger partial charge in [0.2, 0.25) is 5.91 Å². The van der Waals surface area contributed by atoms with Crippen molar-refractivity contribution in [3.05, 3.63) is 18.1 Å². The minimum Gasteiger partial charge on any atom is -0.464 e. The molecule has 0 aliphatic rings. The fraction of sp³-hybridized carbons (Fsp3) is 0.250. The van der Waals surface area contributed by atoms with Gasteiger partial charge in [0.25, 0.3) is 0 Å². The average molecular weight is 195 g/mol. The number of carbonyl (C=O) groups is 2. The van der Waals surface area contributed by atoms with E-state index in [4.69, 9.17) is 0 Å². The van der Waals surface area contributed by atoms with Gasteiger partial charge in [-0.25, -0.2) is 14.8 Å². The molecule has 14 heavy (non-hydrogen) atoms. The quantitative estimate of drug-likeness (QED) is 0.683. The molecule has 1 rings (SSSR count). The summed E-state index contributed by atoms with van der Waals surface area (Å²) in [6, 6.07) is 0. The molecule has 0 spiro atoms. The molecule has 74 valence electrons. The second-order valence-corrected chi connectivity index (χ2v) is 2.43. The zero-order valence-electron chi connectivity index (χ0n) is 7.77. The Morgan fingerprint density at radius 3 is 2.57 bits per heavy atom. The summed E-state index contributed by atoms with van der Waals surface area (Å²) < 4.78 is 4.47. The number of esters is 1. The maximum absolute atomic E-state index is 11.1. The highest BCUT2D eigenvalue weighted by Crippen LogP contribution is 2.08. The zero-order chi connectivity index (χ0) is 10.6. The number of rotatable bonds is 2. The lowest BCUT2D eigenvalue weighted by atomic mass is 10.4. The second kappa shape index (κ2) is 4.31. The molecule has 0 aromatic carbocycles. The Kier molecular flexibility index (Phi) is 3.11. The number of nitrogens with zero attached hydrogens (tertiary/aromatic N) is 2. The summed E-state index contributed by atoms with van der Waals surface area (Å²) in [6.45, 7) is 1.32. The van der Waals surface area contributed by atoms with Gasteiger partial charge < -0.3 is 10.1 Å². The number of hydrogen-bond donors (Lipinski definition) is 1. The molecule has 1 heterocycles. The molecule has 1 N–H and O–H groups in total. The standard InChI is InChI=1S/C8H9N3O3/c1-5(12)11-7-6(8(13)14-2)9-3-4-10-7/h3-4H,1-2H3,(H,10,11,12). The number of hydrogen-bond acceptors (Lipinski definition) is 5. The molecule has 6 heteroatoms. The Bertz CT molecular complexity index is 365. The van der Waals surface area contributed by atoms with E-state index in [2.05, 4.69) is 20.0 Å². The van der Waals surface area contributed by atoms with Gasteiger partial charge in [-0.3, -0.25) is 4.79 Å². The number of aromatic nitrogens is 2. The summed E-state index contributed by atoms with van der Waals surface area (Å²) in [5, 5.41) is 2.38. The summed E-state index contributed by atoms with van der Waals surface area (Å²) in [7, 11) is 1.23. The highest BCUT2D eigenvalue weighted by Gasteiger charge is 2.14. The topological polar surface area (TPSA) is 81.2 Å². The van der Waals surface area contributed by atoms with Crippen molar-refractivity contribution in [1.29, 1.82) is 0 Å². The summed E-state index contributed by atoms with van der Waals surface area (Å²) in [5.41, 5.74) is -0.00907. The predicted octanol–water partition coefficient (Wildman–Crippen LogP) is 0.222. The summed E-state index contributed by atoms with van der Waals surface area (Å²) in [4.78, 5) is 29.4. The lowest BCUT2D eigenvalue weighted by Gasteiger charge is -2.04. The van der Waals surface area contributed by atoms with Crippen LogP contribution < -0.4 is 5.32 Å². The third-order valence-electron chi connectivity index (χ3n) is 1.37. The zero-order valence-corrected chi connectivity index (χ0v) is 7.77. The predicted molar refractivity (Wildman–Crippen MR) is 47.7 cm³/mol. The normalized spacial score (nSPS) is 9.29. The largest absolute Gasteiger partial charge is 0.464 e. The Morgan fingerprint density at radius 1 is 1.36 bits per heavy atom. The molecule has 1 amide bonds. The molecule has 0 bridgehead atoms. The Hall–Kier alpha value is -1.98. The van der Waals surface area contributed by atoms with Crippen LogP contribution in [0.25, 0.3) is 0 Å². The van der Waals surface area contributed by atoms with Gasteiger partial charge in [-0.15, -0.1) is 0 Å². The third-order valence-corrected chi connectivity index (χ3v) is 1.37. The van der Waals surface area contributed by atoms with Crippen LogP contribution in [-0.2, 0) is 9.53 Å². The first kappa shape index (κ1) is 10.1. The van der Waals surface area contributed by atoms with Crippen molar-refractivity contribution in [3.8, 4) is 0 Å². The minimum atomic E-state index is -0.637. The fourth-order valence-electron chi connectivity index (χ4n) is 0.842. The van der Waals surface area contributed by atoms with Gasteiger partial charge >= 0.3 is 5.97 Å².